The highest BCUT2D eigenvalue weighted by Gasteiger charge is 2.30. The minimum Gasteiger partial charge on any atom is -0.493 e. The van der Waals surface area contributed by atoms with Gasteiger partial charge in [-0.3, -0.25) is 14.2 Å². The average Bonchev–Trinajstić information content (AvgIpc) is 3.52. The molecule has 2 atom stereocenters. The molecule has 32 heavy (non-hydrogen) atoms. The number of rotatable bonds is 9. The van der Waals surface area contributed by atoms with E-state index in [4.69, 9.17) is 14.2 Å². The van der Waals surface area contributed by atoms with Gasteiger partial charge in [-0.2, -0.15) is 11.8 Å². The van der Waals surface area contributed by atoms with Crippen LogP contribution in [-0.4, -0.2) is 71.4 Å². The van der Waals surface area contributed by atoms with Crippen molar-refractivity contribution in [3.63, 3.8) is 0 Å². The standard InChI is InChI=1S/C23H31N3O5S/c1-29-20-11-18-19(12-21(20)30-2)24-15-25(23(18)28)8-3-6-22(27)26(16-7-10-32-14-16)13-17-5-4-9-31-17/h11-12,15-17H,3-10,13-14H2,1-2H3. The Morgan fingerprint density at radius 2 is 2.09 bits per heavy atom. The highest BCUT2D eigenvalue weighted by molar-refractivity contribution is 7.99. The Labute approximate surface area is 192 Å². The molecule has 0 radical (unpaired) electrons. The summed E-state index contributed by atoms with van der Waals surface area (Å²) in [5.41, 5.74) is 0.410. The number of aryl methyl sites for hydroxylation is 1. The monoisotopic (exact) mass is 461 g/mol. The molecule has 174 valence electrons. The molecule has 4 rings (SSSR count). The average molecular weight is 462 g/mol. The van der Waals surface area contributed by atoms with Crippen molar-refractivity contribution in [1.29, 1.82) is 0 Å². The molecule has 0 N–H and O–H groups in total. The van der Waals surface area contributed by atoms with Gasteiger partial charge in [0.15, 0.2) is 11.5 Å². The first kappa shape index (κ1) is 22.9. The molecule has 2 fully saturated rings. The summed E-state index contributed by atoms with van der Waals surface area (Å²) in [6.07, 6.45) is 5.83. The number of hydrogen-bond acceptors (Lipinski definition) is 7. The smallest absolute Gasteiger partial charge is 0.261 e. The number of aromatic nitrogens is 2. The summed E-state index contributed by atoms with van der Waals surface area (Å²) in [4.78, 5) is 32.5. The fraction of sp³-hybridized carbons (Fsp3) is 0.609. The number of carbonyl (C=O) groups excluding carboxylic acids is 1. The summed E-state index contributed by atoms with van der Waals surface area (Å²) < 4.78 is 18.0. The highest BCUT2D eigenvalue weighted by Crippen LogP contribution is 2.30. The van der Waals surface area contributed by atoms with Crippen LogP contribution >= 0.6 is 11.8 Å². The lowest BCUT2D eigenvalue weighted by Gasteiger charge is -2.31. The van der Waals surface area contributed by atoms with Gasteiger partial charge < -0.3 is 19.1 Å². The molecule has 2 aromatic rings. The van der Waals surface area contributed by atoms with E-state index in [1.165, 1.54) is 7.11 Å². The highest BCUT2D eigenvalue weighted by atomic mass is 32.2. The van der Waals surface area contributed by atoms with Gasteiger partial charge in [0.1, 0.15) is 0 Å². The fourth-order valence-corrected chi connectivity index (χ4v) is 5.64. The first-order valence-electron chi connectivity index (χ1n) is 11.2. The SMILES string of the molecule is COc1cc2ncn(CCCC(=O)N(CC3CCCO3)C3CCSC3)c(=O)c2cc1OC. The van der Waals surface area contributed by atoms with Crippen molar-refractivity contribution in [2.75, 3.05) is 38.9 Å². The van der Waals surface area contributed by atoms with Crippen molar-refractivity contribution in [1.82, 2.24) is 14.5 Å². The number of nitrogens with zero attached hydrogens (tertiary/aromatic N) is 3. The zero-order valence-corrected chi connectivity index (χ0v) is 19.6. The van der Waals surface area contributed by atoms with Crippen molar-refractivity contribution in [3.8, 4) is 11.5 Å². The van der Waals surface area contributed by atoms with Crippen LogP contribution in [0.3, 0.4) is 0 Å². The summed E-state index contributed by atoms with van der Waals surface area (Å²) >= 11 is 1.91. The van der Waals surface area contributed by atoms with E-state index in [0.717, 1.165) is 37.4 Å². The Balaban J connectivity index is 1.42. The van der Waals surface area contributed by atoms with E-state index in [1.807, 2.05) is 16.7 Å². The van der Waals surface area contributed by atoms with Gasteiger partial charge in [-0.15, -0.1) is 0 Å². The number of ether oxygens (including phenoxy) is 3. The molecule has 0 saturated carbocycles. The number of carbonyl (C=O) groups is 1. The topological polar surface area (TPSA) is 82.9 Å². The number of methoxy groups -OCH3 is 2. The van der Waals surface area contributed by atoms with Gasteiger partial charge in [-0.1, -0.05) is 0 Å². The molecule has 3 heterocycles. The third-order valence-electron chi connectivity index (χ3n) is 6.21. The summed E-state index contributed by atoms with van der Waals surface area (Å²) in [5.74, 6) is 3.28. The van der Waals surface area contributed by atoms with E-state index >= 15 is 0 Å². The van der Waals surface area contributed by atoms with Gasteiger partial charge in [0.2, 0.25) is 5.91 Å². The molecular formula is C23H31N3O5S. The minimum absolute atomic E-state index is 0.146. The van der Waals surface area contributed by atoms with Crippen molar-refractivity contribution < 1.29 is 19.0 Å². The van der Waals surface area contributed by atoms with Crippen molar-refractivity contribution in [3.05, 3.63) is 28.8 Å². The number of thioether (sulfide) groups is 1. The Kier molecular flexibility index (Phi) is 7.57. The zero-order chi connectivity index (χ0) is 22.5. The Hall–Kier alpha value is -2.26. The predicted octanol–water partition coefficient (Wildman–Crippen LogP) is 2.71. The normalized spacial score (nSPS) is 20.6. The lowest BCUT2D eigenvalue weighted by molar-refractivity contribution is -0.135. The van der Waals surface area contributed by atoms with Crippen LogP contribution in [0.15, 0.2) is 23.3 Å². The van der Waals surface area contributed by atoms with Crippen LogP contribution in [0.25, 0.3) is 10.9 Å². The second kappa shape index (κ2) is 10.6. The van der Waals surface area contributed by atoms with Gasteiger partial charge in [-0.25, -0.2) is 4.98 Å². The fourth-order valence-electron chi connectivity index (χ4n) is 4.42. The van der Waals surface area contributed by atoms with E-state index in [9.17, 15) is 9.59 Å². The summed E-state index contributed by atoms with van der Waals surface area (Å²) in [5, 5.41) is 0.472. The van der Waals surface area contributed by atoms with E-state index in [2.05, 4.69) is 4.98 Å². The molecule has 2 aliphatic heterocycles. The molecule has 1 aromatic carbocycles. The first-order valence-corrected chi connectivity index (χ1v) is 12.4. The minimum atomic E-state index is -0.146. The maximum absolute atomic E-state index is 13.1. The zero-order valence-electron chi connectivity index (χ0n) is 18.7. The lowest BCUT2D eigenvalue weighted by Crippen LogP contribution is -2.44. The van der Waals surface area contributed by atoms with Crippen molar-refractivity contribution in [2.45, 2.75) is 50.8 Å². The van der Waals surface area contributed by atoms with Gasteiger partial charge in [-0.05, 0) is 37.5 Å². The van der Waals surface area contributed by atoms with E-state index in [-0.39, 0.29) is 17.6 Å². The number of amides is 1. The number of benzene rings is 1. The molecule has 2 aliphatic rings. The molecule has 9 heteroatoms. The number of fused-ring (bicyclic) bond motifs is 1. The third kappa shape index (κ3) is 5.04. The van der Waals surface area contributed by atoms with Crippen LogP contribution in [0.4, 0.5) is 0 Å². The second-order valence-electron chi connectivity index (χ2n) is 8.27. The van der Waals surface area contributed by atoms with Crippen LogP contribution in [-0.2, 0) is 16.1 Å². The largest absolute Gasteiger partial charge is 0.493 e. The van der Waals surface area contributed by atoms with E-state index in [0.29, 0.717) is 54.4 Å². The molecule has 8 nitrogen and oxygen atoms in total. The molecule has 1 amide bonds. The maximum atomic E-state index is 13.1. The molecule has 0 spiro atoms. The quantitative estimate of drug-likeness (QED) is 0.568. The van der Waals surface area contributed by atoms with Crippen LogP contribution < -0.4 is 15.0 Å². The molecule has 2 unspecified atom stereocenters. The first-order chi connectivity index (χ1) is 15.6. The van der Waals surface area contributed by atoms with E-state index in [1.54, 1.807) is 30.1 Å². The van der Waals surface area contributed by atoms with Crippen LogP contribution in [0.5, 0.6) is 11.5 Å². The van der Waals surface area contributed by atoms with Gasteiger partial charge >= 0.3 is 0 Å². The van der Waals surface area contributed by atoms with E-state index < -0.39 is 0 Å². The Bertz CT molecular complexity index is 999. The Morgan fingerprint density at radius 1 is 1.28 bits per heavy atom. The van der Waals surface area contributed by atoms with Gasteiger partial charge in [0.05, 0.1) is 37.6 Å². The summed E-state index contributed by atoms with van der Waals surface area (Å²) in [6, 6.07) is 3.65. The maximum Gasteiger partial charge on any atom is 0.261 e. The Morgan fingerprint density at radius 3 is 2.78 bits per heavy atom. The molecule has 1 aromatic heterocycles. The second-order valence-corrected chi connectivity index (χ2v) is 9.42. The van der Waals surface area contributed by atoms with Gasteiger partial charge in [0.25, 0.3) is 5.56 Å². The summed E-state index contributed by atoms with van der Waals surface area (Å²) in [6.45, 7) is 1.92. The van der Waals surface area contributed by atoms with Crippen LogP contribution in [0, 0.1) is 0 Å². The lowest BCUT2D eigenvalue weighted by atomic mass is 10.1. The van der Waals surface area contributed by atoms with Crippen molar-refractivity contribution >= 4 is 28.6 Å². The third-order valence-corrected chi connectivity index (χ3v) is 7.35. The molecular weight excluding hydrogens is 430 g/mol. The molecule has 2 saturated heterocycles. The molecule has 0 aliphatic carbocycles. The summed E-state index contributed by atoms with van der Waals surface area (Å²) in [7, 11) is 3.09. The van der Waals surface area contributed by atoms with Gasteiger partial charge in [0, 0.05) is 44.0 Å². The van der Waals surface area contributed by atoms with Crippen molar-refractivity contribution in [2.24, 2.45) is 0 Å². The predicted molar refractivity (Wildman–Crippen MR) is 125 cm³/mol. The van der Waals surface area contributed by atoms with Crippen LogP contribution in [0.2, 0.25) is 0 Å². The van der Waals surface area contributed by atoms with Crippen LogP contribution in [0.1, 0.15) is 32.1 Å². The molecule has 0 bridgehead atoms. The number of hydrogen-bond donors (Lipinski definition) is 0.